The van der Waals surface area contributed by atoms with Gasteiger partial charge < -0.3 is 10.4 Å². The maximum absolute atomic E-state index is 11.0. The van der Waals surface area contributed by atoms with Gasteiger partial charge in [0, 0.05) is 19.0 Å². The van der Waals surface area contributed by atoms with Crippen LogP contribution in [0.2, 0.25) is 0 Å². The lowest BCUT2D eigenvalue weighted by atomic mass is 9.85. The summed E-state index contributed by atoms with van der Waals surface area (Å²) in [6.07, 6.45) is 8.39. The van der Waals surface area contributed by atoms with Gasteiger partial charge in [-0.15, -0.1) is 0 Å². The quantitative estimate of drug-likeness (QED) is 0.775. The minimum atomic E-state index is -0.640. The van der Waals surface area contributed by atoms with Crippen LogP contribution >= 0.6 is 0 Å². The Morgan fingerprint density at radius 3 is 2.94 bits per heavy atom. The first kappa shape index (κ1) is 12.4. The van der Waals surface area contributed by atoms with Gasteiger partial charge in [0.05, 0.1) is 11.8 Å². The molecule has 2 N–H and O–H groups in total. The van der Waals surface area contributed by atoms with Crippen molar-refractivity contribution in [3.63, 3.8) is 0 Å². The van der Waals surface area contributed by atoms with Gasteiger partial charge in [0.1, 0.15) is 0 Å². The number of aliphatic carboxylic acids is 1. The highest BCUT2D eigenvalue weighted by molar-refractivity contribution is 5.82. The van der Waals surface area contributed by atoms with E-state index in [1.54, 1.807) is 0 Å². The van der Waals surface area contributed by atoms with Crippen LogP contribution < -0.4 is 5.32 Å². The summed E-state index contributed by atoms with van der Waals surface area (Å²) >= 11 is 0. The van der Waals surface area contributed by atoms with Gasteiger partial charge in [0.2, 0.25) is 0 Å². The number of carboxylic acid groups (broad SMARTS) is 1. The lowest BCUT2D eigenvalue weighted by Crippen LogP contribution is -2.39. The molecule has 96 valence electrons. The van der Waals surface area contributed by atoms with Crippen LogP contribution in [-0.4, -0.2) is 29.5 Å². The van der Waals surface area contributed by atoms with Crippen molar-refractivity contribution >= 4 is 11.8 Å². The van der Waals surface area contributed by atoms with Crippen molar-refractivity contribution in [1.29, 1.82) is 0 Å². The highest BCUT2D eigenvalue weighted by atomic mass is 16.4. The number of hydrogen-bond acceptors (Lipinski definition) is 3. The minimum absolute atomic E-state index is 0.160. The number of nitrogens with one attached hydrogen (secondary N) is 1. The molecule has 1 aliphatic carbocycles. The third-order valence-electron chi connectivity index (χ3n) is 3.77. The molecule has 2 unspecified atom stereocenters. The van der Waals surface area contributed by atoms with E-state index < -0.39 is 5.97 Å². The molecular weight excluding hydrogens is 216 g/mol. The second kappa shape index (κ2) is 6.03. The van der Waals surface area contributed by atoms with Gasteiger partial charge >= 0.3 is 5.97 Å². The number of amidine groups is 1. The van der Waals surface area contributed by atoms with Crippen molar-refractivity contribution in [2.24, 2.45) is 10.9 Å². The summed E-state index contributed by atoms with van der Waals surface area (Å²) < 4.78 is 0. The molecule has 1 heterocycles. The van der Waals surface area contributed by atoms with E-state index in [9.17, 15) is 4.79 Å². The van der Waals surface area contributed by atoms with Gasteiger partial charge in [-0.3, -0.25) is 9.79 Å². The number of nitrogens with zero attached hydrogens (tertiary/aromatic N) is 1. The van der Waals surface area contributed by atoms with Crippen LogP contribution in [0.3, 0.4) is 0 Å². The van der Waals surface area contributed by atoms with E-state index in [0.717, 1.165) is 44.5 Å². The van der Waals surface area contributed by atoms with Gasteiger partial charge in [-0.1, -0.05) is 12.8 Å². The highest BCUT2D eigenvalue weighted by Crippen LogP contribution is 2.24. The van der Waals surface area contributed by atoms with Crippen molar-refractivity contribution in [2.75, 3.05) is 6.54 Å². The Hall–Kier alpha value is -1.06. The Bertz CT molecular complexity index is 302. The zero-order valence-corrected chi connectivity index (χ0v) is 10.3. The van der Waals surface area contributed by atoms with Crippen LogP contribution in [0.15, 0.2) is 4.99 Å². The van der Waals surface area contributed by atoms with Crippen molar-refractivity contribution in [2.45, 2.75) is 57.4 Å². The molecule has 4 heteroatoms. The van der Waals surface area contributed by atoms with Gasteiger partial charge in [-0.25, -0.2) is 0 Å². The van der Waals surface area contributed by atoms with E-state index in [1.807, 2.05) is 0 Å². The summed E-state index contributed by atoms with van der Waals surface area (Å²) in [5.74, 6) is 0.311. The zero-order chi connectivity index (χ0) is 12.1. The average molecular weight is 238 g/mol. The number of carbonyl (C=O) groups is 1. The SMILES string of the molecule is O=C(O)C1CCCC(NC2=NCCCCC2)C1. The Labute approximate surface area is 103 Å². The minimum Gasteiger partial charge on any atom is -0.481 e. The van der Waals surface area contributed by atoms with Crippen LogP contribution in [0.5, 0.6) is 0 Å². The molecule has 0 aromatic heterocycles. The predicted octanol–water partition coefficient (Wildman–Crippen LogP) is 2.19. The summed E-state index contributed by atoms with van der Waals surface area (Å²) in [5.41, 5.74) is 0. The van der Waals surface area contributed by atoms with Crippen LogP contribution in [-0.2, 0) is 4.79 Å². The summed E-state index contributed by atoms with van der Waals surface area (Å²) in [5, 5.41) is 12.5. The molecule has 1 aliphatic heterocycles. The Morgan fingerprint density at radius 2 is 2.12 bits per heavy atom. The molecule has 4 nitrogen and oxygen atoms in total. The number of carboxylic acids is 1. The number of hydrogen-bond donors (Lipinski definition) is 2. The molecule has 0 radical (unpaired) electrons. The smallest absolute Gasteiger partial charge is 0.306 e. The normalized spacial score (nSPS) is 30.2. The molecule has 2 aliphatic rings. The van der Waals surface area contributed by atoms with Crippen LogP contribution in [0.1, 0.15) is 51.4 Å². The fraction of sp³-hybridized carbons (Fsp3) is 0.846. The topological polar surface area (TPSA) is 61.7 Å². The first-order chi connectivity index (χ1) is 8.25. The molecular formula is C13H22N2O2. The fourth-order valence-corrected chi connectivity index (χ4v) is 2.77. The summed E-state index contributed by atoms with van der Waals surface area (Å²) in [7, 11) is 0. The molecule has 0 bridgehead atoms. The Kier molecular flexibility index (Phi) is 4.40. The highest BCUT2D eigenvalue weighted by Gasteiger charge is 2.27. The predicted molar refractivity (Wildman–Crippen MR) is 67.3 cm³/mol. The molecule has 0 aromatic carbocycles. The van der Waals surface area contributed by atoms with Crippen molar-refractivity contribution < 1.29 is 9.90 Å². The lowest BCUT2D eigenvalue weighted by molar-refractivity contribution is -0.143. The maximum Gasteiger partial charge on any atom is 0.306 e. The van der Waals surface area contributed by atoms with Crippen molar-refractivity contribution in [3.05, 3.63) is 0 Å². The second-order valence-electron chi connectivity index (χ2n) is 5.18. The van der Waals surface area contributed by atoms with Gasteiger partial charge in [0.15, 0.2) is 0 Å². The molecule has 0 amide bonds. The van der Waals surface area contributed by atoms with Crippen LogP contribution in [0.4, 0.5) is 0 Å². The third-order valence-corrected chi connectivity index (χ3v) is 3.77. The Morgan fingerprint density at radius 1 is 1.24 bits per heavy atom. The summed E-state index contributed by atoms with van der Waals surface area (Å²) in [6.45, 7) is 0.928. The van der Waals surface area contributed by atoms with Gasteiger partial charge in [-0.2, -0.15) is 0 Å². The molecule has 0 aromatic rings. The Balaban J connectivity index is 1.85. The maximum atomic E-state index is 11.0. The van der Waals surface area contributed by atoms with Crippen molar-refractivity contribution in [3.8, 4) is 0 Å². The van der Waals surface area contributed by atoms with Gasteiger partial charge in [0.25, 0.3) is 0 Å². The molecule has 1 saturated carbocycles. The molecule has 17 heavy (non-hydrogen) atoms. The second-order valence-corrected chi connectivity index (χ2v) is 5.18. The molecule has 0 spiro atoms. The largest absolute Gasteiger partial charge is 0.481 e. The number of rotatable bonds is 2. The molecule has 0 saturated heterocycles. The van der Waals surface area contributed by atoms with Crippen molar-refractivity contribution in [1.82, 2.24) is 5.32 Å². The molecule has 1 fully saturated rings. The van der Waals surface area contributed by atoms with Crippen LogP contribution in [0.25, 0.3) is 0 Å². The molecule has 2 atom stereocenters. The standard InChI is InChI=1S/C13H22N2O2/c16-13(17)10-5-4-6-11(9-10)15-12-7-2-1-3-8-14-12/h10-11H,1-9H2,(H,14,15)(H,16,17). The van der Waals surface area contributed by atoms with E-state index >= 15 is 0 Å². The van der Waals surface area contributed by atoms with E-state index in [0.29, 0.717) is 6.04 Å². The monoisotopic (exact) mass is 238 g/mol. The van der Waals surface area contributed by atoms with E-state index in [2.05, 4.69) is 10.3 Å². The van der Waals surface area contributed by atoms with E-state index in [-0.39, 0.29) is 5.92 Å². The molecule has 2 rings (SSSR count). The lowest BCUT2D eigenvalue weighted by Gasteiger charge is -2.28. The first-order valence-electron chi connectivity index (χ1n) is 6.78. The van der Waals surface area contributed by atoms with Gasteiger partial charge in [-0.05, 0) is 32.1 Å². The fourth-order valence-electron chi connectivity index (χ4n) is 2.77. The average Bonchev–Trinajstić information content (AvgIpc) is 2.58. The van der Waals surface area contributed by atoms with E-state index in [4.69, 9.17) is 5.11 Å². The summed E-state index contributed by atoms with van der Waals surface area (Å²) in [6, 6.07) is 0.321. The van der Waals surface area contributed by atoms with Crippen LogP contribution in [0, 0.1) is 5.92 Å². The number of aliphatic imine (C=N–C) groups is 1. The zero-order valence-electron chi connectivity index (χ0n) is 10.3. The third kappa shape index (κ3) is 3.72. The summed E-state index contributed by atoms with van der Waals surface area (Å²) in [4.78, 5) is 15.5. The van der Waals surface area contributed by atoms with E-state index in [1.165, 1.54) is 19.3 Å². The first-order valence-corrected chi connectivity index (χ1v) is 6.78.